The van der Waals surface area contributed by atoms with Gasteiger partial charge < -0.3 is 8.83 Å². The molecule has 7 heteroatoms. The average molecular weight is 230 g/mol. The SMILES string of the molecule is FC(F)=C(F)Cc1nnc(-c2ccco2)o1. The van der Waals surface area contributed by atoms with E-state index in [1.54, 1.807) is 12.1 Å². The average Bonchev–Trinajstić information content (AvgIpc) is 2.85. The number of nitrogens with zero attached hydrogens (tertiary/aromatic N) is 2. The van der Waals surface area contributed by atoms with Crippen LogP contribution < -0.4 is 0 Å². The molecule has 2 aromatic rings. The standard InChI is InChI=1S/C9H5F3N2O2/c10-5(8(11)12)4-7-13-14-9(16-7)6-2-1-3-15-6/h1-3H,4H2. The first kappa shape index (κ1) is 10.5. The predicted molar refractivity (Wildman–Crippen MR) is 46.1 cm³/mol. The second kappa shape index (κ2) is 4.21. The Labute approximate surface area is 87.4 Å². The molecule has 0 unspecified atom stereocenters. The van der Waals surface area contributed by atoms with Crippen LogP contribution in [0.25, 0.3) is 11.7 Å². The summed E-state index contributed by atoms with van der Waals surface area (Å²) in [5.41, 5.74) is 0. The fraction of sp³-hybridized carbons (Fsp3) is 0.111. The van der Waals surface area contributed by atoms with Crippen molar-refractivity contribution in [3.05, 3.63) is 36.2 Å². The summed E-state index contributed by atoms with van der Waals surface area (Å²) in [6.07, 6.45) is -1.73. The fourth-order valence-corrected chi connectivity index (χ4v) is 1.02. The Balaban J connectivity index is 2.18. The van der Waals surface area contributed by atoms with Crippen molar-refractivity contribution in [2.75, 3.05) is 0 Å². The molecule has 0 bridgehead atoms. The van der Waals surface area contributed by atoms with Gasteiger partial charge >= 0.3 is 6.08 Å². The van der Waals surface area contributed by atoms with Crippen molar-refractivity contribution < 1.29 is 22.0 Å². The van der Waals surface area contributed by atoms with Crippen LogP contribution in [-0.2, 0) is 6.42 Å². The van der Waals surface area contributed by atoms with Crippen LogP contribution in [0.2, 0.25) is 0 Å². The summed E-state index contributed by atoms with van der Waals surface area (Å²) in [5, 5.41) is 6.94. The van der Waals surface area contributed by atoms with Gasteiger partial charge in [0.2, 0.25) is 5.89 Å². The minimum absolute atomic E-state index is 0.0204. The van der Waals surface area contributed by atoms with Crippen molar-refractivity contribution in [1.82, 2.24) is 10.2 Å². The summed E-state index contributed by atoms with van der Waals surface area (Å²) >= 11 is 0. The molecule has 0 aliphatic rings. The molecule has 16 heavy (non-hydrogen) atoms. The Kier molecular flexibility index (Phi) is 2.76. The molecule has 0 amide bonds. The number of rotatable bonds is 3. The third kappa shape index (κ3) is 2.13. The predicted octanol–water partition coefficient (Wildman–Crippen LogP) is 2.95. The van der Waals surface area contributed by atoms with Crippen LogP contribution in [0.3, 0.4) is 0 Å². The lowest BCUT2D eigenvalue weighted by molar-refractivity contribution is 0.366. The topological polar surface area (TPSA) is 52.1 Å². The van der Waals surface area contributed by atoms with Gasteiger partial charge in [-0.3, -0.25) is 0 Å². The van der Waals surface area contributed by atoms with Crippen molar-refractivity contribution in [2.24, 2.45) is 0 Å². The quantitative estimate of drug-likeness (QED) is 0.813. The summed E-state index contributed by atoms with van der Waals surface area (Å²) in [5.74, 6) is -1.51. The van der Waals surface area contributed by atoms with Gasteiger partial charge in [-0.15, -0.1) is 10.2 Å². The van der Waals surface area contributed by atoms with E-state index in [-0.39, 0.29) is 11.8 Å². The zero-order valence-corrected chi connectivity index (χ0v) is 7.78. The lowest BCUT2D eigenvalue weighted by Gasteiger charge is -1.89. The highest BCUT2D eigenvalue weighted by Gasteiger charge is 2.14. The summed E-state index contributed by atoms with van der Waals surface area (Å²) in [7, 11) is 0. The van der Waals surface area contributed by atoms with Crippen LogP contribution in [0.15, 0.2) is 39.1 Å². The molecular formula is C9H5F3N2O2. The van der Waals surface area contributed by atoms with Gasteiger partial charge in [-0.05, 0) is 12.1 Å². The first-order valence-corrected chi connectivity index (χ1v) is 4.22. The largest absolute Gasteiger partial charge is 0.459 e. The van der Waals surface area contributed by atoms with Crippen molar-refractivity contribution in [2.45, 2.75) is 6.42 Å². The lowest BCUT2D eigenvalue weighted by atomic mass is 10.4. The van der Waals surface area contributed by atoms with Crippen LogP contribution in [-0.4, -0.2) is 10.2 Å². The number of halogens is 3. The number of hydrogen-bond acceptors (Lipinski definition) is 4. The smallest absolute Gasteiger partial charge is 0.302 e. The molecule has 0 saturated heterocycles. The maximum absolute atomic E-state index is 12.5. The van der Waals surface area contributed by atoms with Crippen LogP contribution in [0.4, 0.5) is 13.2 Å². The monoisotopic (exact) mass is 230 g/mol. The van der Waals surface area contributed by atoms with Crippen molar-refractivity contribution >= 4 is 0 Å². The first-order chi connectivity index (χ1) is 7.66. The molecule has 0 aliphatic carbocycles. The van der Waals surface area contributed by atoms with Gasteiger partial charge in [0, 0.05) is 0 Å². The van der Waals surface area contributed by atoms with E-state index in [0.29, 0.717) is 5.76 Å². The Hall–Kier alpha value is -2.05. The molecule has 0 N–H and O–H groups in total. The Morgan fingerprint density at radius 3 is 2.69 bits per heavy atom. The highest BCUT2D eigenvalue weighted by molar-refractivity contribution is 5.42. The van der Waals surface area contributed by atoms with Gasteiger partial charge in [0.15, 0.2) is 11.6 Å². The lowest BCUT2D eigenvalue weighted by Crippen LogP contribution is -1.86. The Morgan fingerprint density at radius 1 is 1.25 bits per heavy atom. The van der Waals surface area contributed by atoms with E-state index in [9.17, 15) is 13.2 Å². The second-order valence-corrected chi connectivity index (χ2v) is 2.82. The molecule has 2 heterocycles. The minimum Gasteiger partial charge on any atom is -0.459 e. The normalized spacial score (nSPS) is 10.4. The molecule has 0 fully saturated rings. The third-order valence-electron chi connectivity index (χ3n) is 1.71. The van der Waals surface area contributed by atoms with E-state index < -0.39 is 18.3 Å². The van der Waals surface area contributed by atoms with Gasteiger partial charge in [-0.1, -0.05) is 0 Å². The summed E-state index contributed by atoms with van der Waals surface area (Å²) in [4.78, 5) is 0. The number of aromatic nitrogens is 2. The van der Waals surface area contributed by atoms with Gasteiger partial charge in [0.1, 0.15) is 0 Å². The van der Waals surface area contributed by atoms with Gasteiger partial charge in [0.05, 0.1) is 12.7 Å². The van der Waals surface area contributed by atoms with Crippen molar-refractivity contribution in [3.8, 4) is 11.7 Å². The van der Waals surface area contributed by atoms with Gasteiger partial charge in [0.25, 0.3) is 5.89 Å². The van der Waals surface area contributed by atoms with Crippen LogP contribution >= 0.6 is 0 Å². The van der Waals surface area contributed by atoms with E-state index in [0.717, 1.165) is 0 Å². The zero-order valence-electron chi connectivity index (χ0n) is 7.78. The molecule has 84 valence electrons. The minimum atomic E-state index is -2.39. The molecule has 0 radical (unpaired) electrons. The number of hydrogen-bond donors (Lipinski definition) is 0. The molecule has 2 aromatic heterocycles. The van der Waals surface area contributed by atoms with E-state index >= 15 is 0 Å². The highest BCUT2D eigenvalue weighted by atomic mass is 19.3. The molecule has 0 spiro atoms. The summed E-state index contributed by atoms with van der Waals surface area (Å²) in [6.45, 7) is 0. The molecule has 2 rings (SSSR count). The van der Waals surface area contributed by atoms with Crippen molar-refractivity contribution in [3.63, 3.8) is 0 Å². The van der Waals surface area contributed by atoms with E-state index in [2.05, 4.69) is 10.2 Å². The molecule has 0 saturated carbocycles. The molecule has 0 atom stereocenters. The van der Waals surface area contributed by atoms with E-state index in [4.69, 9.17) is 8.83 Å². The molecule has 4 nitrogen and oxygen atoms in total. The van der Waals surface area contributed by atoms with E-state index in [1.165, 1.54) is 6.26 Å². The second-order valence-electron chi connectivity index (χ2n) is 2.82. The van der Waals surface area contributed by atoms with Crippen LogP contribution in [0.5, 0.6) is 0 Å². The molecule has 0 aliphatic heterocycles. The molecular weight excluding hydrogens is 225 g/mol. The van der Waals surface area contributed by atoms with E-state index in [1.807, 2.05) is 0 Å². The van der Waals surface area contributed by atoms with Crippen molar-refractivity contribution in [1.29, 1.82) is 0 Å². The summed E-state index contributed by atoms with van der Waals surface area (Å²) < 4.78 is 46.0. The number of furan rings is 1. The fourth-order valence-electron chi connectivity index (χ4n) is 1.02. The summed E-state index contributed by atoms with van der Waals surface area (Å²) in [6, 6.07) is 3.15. The Bertz CT molecular complexity index is 501. The highest BCUT2D eigenvalue weighted by Crippen LogP contribution is 2.20. The Morgan fingerprint density at radius 2 is 2.06 bits per heavy atom. The maximum atomic E-state index is 12.5. The number of allylic oxidation sites excluding steroid dienone is 1. The third-order valence-corrected chi connectivity index (χ3v) is 1.71. The molecule has 0 aromatic carbocycles. The maximum Gasteiger partial charge on any atom is 0.302 e. The zero-order chi connectivity index (χ0) is 11.5. The van der Waals surface area contributed by atoms with Gasteiger partial charge in [-0.2, -0.15) is 8.78 Å². The van der Waals surface area contributed by atoms with Crippen LogP contribution in [0.1, 0.15) is 5.89 Å². The first-order valence-electron chi connectivity index (χ1n) is 4.22. The van der Waals surface area contributed by atoms with Gasteiger partial charge in [-0.25, -0.2) is 4.39 Å². The van der Waals surface area contributed by atoms with Crippen LogP contribution in [0, 0.1) is 0 Å².